The van der Waals surface area contributed by atoms with Gasteiger partial charge in [0.05, 0.1) is 23.6 Å². The van der Waals surface area contributed by atoms with Gasteiger partial charge in [0.2, 0.25) is 10.0 Å². The third kappa shape index (κ3) is 5.35. The number of hydrogen-bond acceptors (Lipinski definition) is 6. The zero-order valence-electron chi connectivity index (χ0n) is 24.7. The van der Waals surface area contributed by atoms with Crippen LogP contribution < -0.4 is 14.4 Å². The Hall–Kier alpha value is -2.55. The smallest absolute Gasteiger partial charge is 0.264 e. The molecule has 0 aromatic heterocycles. The van der Waals surface area contributed by atoms with Gasteiger partial charge in [-0.25, -0.2) is 13.1 Å². The number of carbonyl (C=O) groups excluding carboxylic acids is 1. The van der Waals surface area contributed by atoms with Gasteiger partial charge in [-0.1, -0.05) is 36.7 Å². The third-order valence-corrected chi connectivity index (χ3v) is 12.3. The van der Waals surface area contributed by atoms with E-state index in [1.165, 1.54) is 11.1 Å². The third-order valence-electron chi connectivity index (χ3n) is 10.3. The molecule has 0 radical (unpaired) electrons. The van der Waals surface area contributed by atoms with Crippen LogP contribution in [-0.2, 0) is 26.6 Å². The van der Waals surface area contributed by atoms with E-state index in [0.29, 0.717) is 36.7 Å². The fourth-order valence-electron chi connectivity index (χ4n) is 7.61. The summed E-state index contributed by atoms with van der Waals surface area (Å²) in [5.74, 6) is 0.417. The number of sulfonamides is 1. The molecule has 1 spiro atoms. The van der Waals surface area contributed by atoms with Crippen molar-refractivity contribution in [1.82, 2.24) is 4.72 Å². The van der Waals surface area contributed by atoms with E-state index in [1.807, 2.05) is 24.3 Å². The van der Waals surface area contributed by atoms with Gasteiger partial charge in [0, 0.05) is 36.2 Å². The summed E-state index contributed by atoms with van der Waals surface area (Å²) in [5, 5.41) is 0.0337. The van der Waals surface area contributed by atoms with Crippen molar-refractivity contribution in [3.8, 4) is 5.75 Å². The first-order valence-electron chi connectivity index (χ1n) is 15.1. The van der Waals surface area contributed by atoms with E-state index in [1.54, 1.807) is 20.1 Å². The van der Waals surface area contributed by atoms with E-state index in [0.717, 1.165) is 55.9 Å². The number of nitrogens with zero attached hydrogens (tertiary/aromatic N) is 1. The number of carbonyl (C=O) groups is 1. The van der Waals surface area contributed by atoms with E-state index in [9.17, 15) is 13.2 Å². The van der Waals surface area contributed by atoms with Crippen LogP contribution in [0.15, 0.2) is 48.6 Å². The van der Waals surface area contributed by atoms with E-state index in [4.69, 9.17) is 21.1 Å². The van der Waals surface area contributed by atoms with Crippen LogP contribution in [0.3, 0.4) is 0 Å². The lowest BCUT2D eigenvalue weighted by atomic mass is 9.58. The summed E-state index contributed by atoms with van der Waals surface area (Å²) in [5.41, 5.74) is 3.43. The highest BCUT2D eigenvalue weighted by atomic mass is 35.5. The Labute approximate surface area is 254 Å². The number of allylic oxidation sites excluding steroid dienone is 1. The van der Waals surface area contributed by atoms with Crippen molar-refractivity contribution in [3.05, 3.63) is 70.3 Å². The molecule has 1 amide bonds. The molecule has 9 heteroatoms. The van der Waals surface area contributed by atoms with E-state index in [-0.39, 0.29) is 16.9 Å². The maximum absolute atomic E-state index is 13.3. The fourth-order valence-corrected chi connectivity index (χ4v) is 8.83. The van der Waals surface area contributed by atoms with Crippen molar-refractivity contribution >= 4 is 33.2 Å². The lowest BCUT2D eigenvalue weighted by Crippen LogP contribution is -2.54. The molecular weight excluding hydrogens is 572 g/mol. The van der Waals surface area contributed by atoms with Crippen LogP contribution in [0.4, 0.5) is 5.69 Å². The quantitative estimate of drug-likeness (QED) is 0.395. The molecule has 2 aliphatic carbocycles. The lowest BCUT2D eigenvalue weighted by Gasteiger charge is -2.53. The zero-order valence-corrected chi connectivity index (χ0v) is 26.3. The molecule has 5 atom stereocenters. The Morgan fingerprint density at radius 2 is 1.95 bits per heavy atom. The Morgan fingerprint density at radius 1 is 1.12 bits per heavy atom. The fraction of sp³-hybridized carbons (Fsp3) is 0.545. The number of ether oxygens (including phenoxy) is 2. The molecule has 4 aliphatic rings. The monoisotopic (exact) mass is 612 g/mol. The molecule has 1 saturated carbocycles. The van der Waals surface area contributed by atoms with Gasteiger partial charge in [0.15, 0.2) is 0 Å². The second kappa shape index (κ2) is 11.2. The summed E-state index contributed by atoms with van der Waals surface area (Å²) in [6, 6.07) is 11.5. The highest BCUT2D eigenvalue weighted by Gasteiger charge is 2.49. The number of hydrogen-bond donors (Lipinski definition) is 1. The summed E-state index contributed by atoms with van der Waals surface area (Å²) >= 11 is 6.41. The number of anilines is 1. The Balaban J connectivity index is 1.45. The molecule has 2 aliphatic heterocycles. The van der Waals surface area contributed by atoms with Crippen LogP contribution in [0.2, 0.25) is 5.02 Å². The SMILES string of the molecule is CO[C@H]1/C=C/CC[C@@H](C)S(=O)(=O)NC(=O)c2ccc3c(c2)N(CC2(C)CC[C@@H]12)C[C@@]1(CCCc2cc(Cl)ccc21)CO3. The highest BCUT2D eigenvalue weighted by Crippen LogP contribution is 2.52. The Bertz CT molecular complexity index is 1510. The van der Waals surface area contributed by atoms with Gasteiger partial charge in [0.25, 0.3) is 5.91 Å². The number of nitrogens with one attached hydrogen (secondary N) is 1. The minimum Gasteiger partial charge on any atom is -0.490 e. The predicted molar refractivity (Wildman–Crippen MR) is 166 cm³/mol. The molecule has 2 bridgehead atoms. The van der Waals surface area contributed by atoms with Crippen molar-refractivity contribution in [2.45, 2.75) is 75.6 Å². The number of amides is 1. The van der Waals surface area contributed by atoms with E-state index < -0.39 is 21.2 Å². The first kappa shape index (κ1) is 29.5. The van der Waals surface area contributed by atoms with Gasteiger partial charge in [0.1, 0.15) is 5.75 Å². The van der Waals surface area contributed by atoms with Crippen LogP contribution in [0.1, 0.15) is 73.9 Å². The van der Waals surface area contributed by atoms with Crippen molar-refractivity contribution in [1.29, 1.82) is 0 Å². The molecule has 1 fully saturated rings. The lowest BCUT2D eigenvalue weighted by molar-refractivity contribution is -0.0438. The Morgan fingerprint density at radius 3 is 2.71 bits per heavy atom. The van der Waals surface area contributed by atoms with Crippen molar-refractivity contribution in [3.63, 3.8) is 0 Å². The van der Waals surface area contributed by atoms with Gasteiger partial charge in [-0.15, -0.1) is 0 Å². The summed E-state index contributed by atoms with van der Waals surface area (Å²) < 4.78 is 41.0. The van der Waals surface area contributed by atoms with Crippen LogP contribution in [0, 0.1) is 11.3 Å². The van der Waals surface area contributed by atoms with Crippen molar-refractivity contribution in [2.75, 3.05) is 31.7 Å². The number of methoxy groups -OCH3 is 1. The van der Waals surface area contributed by atoms with Gasteiger partial charge in [-0.2, -0.15) is 0 Å². The molecule has 2 aromatic rings. The molecule has 1 unspecified atom stereocenters. The first-order valence-corrected chi connectivity index (χ1v) is 17.0. The molecule has 6 rings (SSSR count). The number of rotatable bonds is 1. The molecule has 7 nitrogen and oxygen atoms in total. The maximum atomic E-state index is 13.3. The normalized spacial score (nSPS) is 33.3. The average molecular weight is 613 g/mol. The van der Waals surface area contributed by atoms with Crippen LogP contribution in [0.25, 0.3) is 0 Å². The van der Waals surface area contributed by atoms with Crippen molar-refractivity contribution in [2.24, 2.45) is 11.3 Å². The summed E-state index contributed by atoms with van der Waals surface area (Å²) in [6.07, 6.45) is 10.3. The zero-order chi connectivity index (χ0) is 29.7. The average Bonchev–Trinajstić information content (AvgIpc) is 3.09. The van der Waals surface area contributed by atoms with E-state index in [2.05, 4.69) is 34.8 Å². The number of fused-ring (bicyclic) bond motifs is 4. The molecule has 42 heavy (non-hydrogen) atoms. The second-order valence-corrected chi connectivity index (χ2v) is 15.6. The maximum Gasteiger partial charge on any atom is 0.264 e. The summed E-state index contributed by atoms with van der Waals surface area (Å²) in [6.45, 7) is 6.01. The number of aryl methyl sites for hydroxylation is 1. The topological polar surface area (TPSA) is 84.9 Å². The van der Waals surface area contributed by atoms with Crippen LogP contribution in [0.5, 0.6) is 5.75 Å². The number of benzene rings is 2. The summed E-state index contributed by atoms with van der Waals surface area (Å²) in [4.78, 5) is 15.7. The summed E-state index contributed by atoms with van der Waals surface area (Å²) in [7, 11) is -2.09. The molecule has 226 valence electrons. The standard InChI is InChI=1S/C33H41ClN2O5S/c1-22-7-4-5-9-29(40-3)27-14-16-32(27,2)19-36-20-33(15-6-8-23-17-25(34)11-12-26(23)33)21-41-30-13-10-24(18-28(30)36)31(37)35-42(22,38)39/h5,9-13,17-18,22,27,29H,4,6-8,14-16,19-21H2,1-3H3,(H,35,37)/b9-5+/t22-,27+,29+,32?,33+/m1/s1. The first-order chi connectivity index (χ1) is 20.0. The minimum absolute atomic E-state index is 0.0166. The molecular formula is C33H41ClN2O5S. The highest BCUT2D eigenvalue weighted by molar-refractivity contribution is 7.90. The van der Waals surface area contributed by atoms with E-state index >= 15 is 0 Å². The molecule has 1 N–H and O–H groups in total. The predicted octanol–water partition coefficient (Wildman–Crippen LogP) is 6.04. The molecule has 2 heterocycles. The van der Waals surface area contributed by atoms with Gasteiger partial charge in [-0.05, 0) is 105 Å². The van der Waals surface area contributed by atoms with Crippen LogP contribution in [-0.4, -0.2) is 52.5 Å². The van der Waals surface area contributed by atoms with Crippen LogP contribution >= 0.6 is 11.6 Å². The minimum atomic E-state index is -3.85. The van der Waals surface area contributed by atoms with Gasteiger partial charge < -0.3 is 14.4 Å². The Kier molecular flexibility index (Phi) is 7.86. The van der Waals surface area contributed by atoms with Gasteiger partial charge in [-0.3, -0.25) is 4.79 Å². The largest absolute Gasteiger partial charge is 0.490 e. The number of halogens is 1. The molecule has 0 saturated heterocycles. The molecule has 2 aromatic carbocycles. The second-order valence-electron chi connectivity index (χ2n) is 13.1. The van der Waals surface area contributed by atoms with Gasteiger partial charge >= 0.3 is 0 Å². The van der Waals surface area contributed by atoms with Crippen molar-refractivity contribution < 1.29 is 22.7 Å².